The smallest absolute Gasteiger partial charge is 0.303 e. The molecule has 0 bridgehead atoms. The average molecular weight is 294 g/mol. The van der Waals surface area contributed by atoms with Crippen molar-refractivity contribution in [3.63, 3.8) is 0 Å². The number of aromatic nitrogens is 3. The van der Waals surface area contributed by atoms with Crippen molar-refractivity contribution in [1.29, 1.82) is 0 Å². The summed E-state index contributed by atoms with van der Waals surface area (Å²) in [6, 6.07) is 0. The van der Waals surface area contributed by atoms with E-state index >= 15 is 0 Å². The van der Waals surface area contributed by atoms with E-state index in [2.05, 4.69) is 20.5 Å². The van der Waals surface area contributed by atoms with Gasteiger partial charge < -0.3 is 10.4 Å². The highest BCUT2D eigenvalue weighted by atomic mass is 16.4. The van der Waals surface area contributed by atoms with Crippen molar-refractivity contribution in [2.45, 2.75) is 51.9 Å². The van der Waals surface area contributed by atoms with E-state index < -0.39 is 5.97 Å². The highest BCUT2D eigenvalue weighted by Crippen LogP contribution is 2.43. The topological polar surface area (TPSA) is 108 Å². The first kappa shape index (κ1) is 15.5. The third kappa shape index (κ3) is 3.59. The van der Waals surface area contributed by atoms with Crippen LogP contribution in [0.3, 0.4) is 0 Å². The van der Waals surface area contributed by atoms with Crippen molar-refractivity contribution in [3.8, 4) is 0 Å². The molecule has 116 valence electrons. The summed E-state index contributed by atoms with van der Waals surface area (Å²) in [7, 11) is 0. The van der Waals surface area contributed by atoms with Crippen molar-refractivity contribution in [3.05, 3.63) is 11.6 Å². The highest BCUT2D eigenvalue weighted by molar-refractivity contribution is 5.90. The number of hydrogen-bond donors (Lipinski definition) is 3. The van der Waals surface area contributed by atoms with Crippen LogP contribution in [0.4, 0.5) is 0 Å². The summed E-state index contributed by atoms with van der Waals surface area (Å²) in [5, 5.41) is 18.4. The molecule has 7 heteroatoms. The summed E-state index contributed by atoms with van der Waals surface area (Å²) in [5.74, 6) is -0.434. The number of carboxylic acid groups (broad SMARTS) is 1. The predicted molar refractivity (Wildman–Crippen MR) is 76.0 cm³/mol. The Labute approximate surface area is 123 Å². The molecule has 2 rings (SSSR count). The number of carbonyl (C=O) groups is 2. The minimum absolute atomic E-state index is 0.0918. The Morgan fingerprint density at radius 3 is 2.48 bits per heavy atom. The van der Waals surface area contributed by atoms with E-state index in [4.69, 9.17) is 5.11 Å². The van der Waals surface area contributed by atoms with E-state index in [1.54, 1.807) is 0 Å². The monoisotopic (exact) mass is 294 g/mol. The second kappa shape index (κ2) is 5.46. The van der Waals surface area contributed by atoms with Crippen LogP contribution in [0.5, 0.6) is 0 Å². The predicted octanol–water partition coefficient (Wildman–Crippen LogP) is 1.48. The van der Waals surface area contributed by atoms with Gasteiger partial charge in [-0.25, -0.2) is 4.98 Å². The van der Waals surface area contributed by atoms with Gasteiger partial charge in [-0.05, 0) is 18.3 Å². The van der Waals surface area contributed by atoms with Crippen LogP contribution in [-0.2, 0) is 10.2 Å². The first-order chi connectivity index (χ1) is 9.72. The van der Waals surface area contributed by atoms with Crippen molar-refractivity contribution < 1.29 is 14.7 Å². The van der Waals surface area contributed by atoms with Crippen LogP contribution in [0, 0.1) is 5.41 Å². The number of rotatable bonds is 5. The molecule has 7 nitrogen and oxygen atoms in total. The summed E-state index contributed by atoms with van der Waals surface area (Å²) in [6.07, 6.45) is 2.77. The van der Waals surface area contributed by atoms with Gasteiger partial charge in [-0.3, -0.25) is 14.7 Å². The molecule has 1 aliphatic rings. The molecular weight excluding hydrogens is 272 g/mol. The fourth-order valence-electron chi connectivity index (χ4n) is 2.46. The van der Waals surface area contributed by atoms with Crippen LogP contribution in [0.1, 0.15) is 62.9 Å². The van der Waals surface area contributed by atoms with Crippen LogP contribution >= 0.6 is 0 Å². The molecule has 0 atom stereocenters. The fraction of sp³-hybridized carbons (Fsp3) is 0.714. The Hall–Kier alpha value is -1.92. The van der Waals surface area contributed by atoms with Gasteiger partial charge in [0.05, 0.1) is 6.42 Å². The maximum atomic E-state index is 12.1. The van der Waals surface area contributed by atoms with Gasteiger partial charge in [-0.15, -0.1) is 5.10 Å². The zero-order valence-electron chi connectivity index (χ0n) is 12.7. The minimum atomic E-state index is -0.822. The zero-order valence-corrected chi connectivity index (χ0v) is 12.7. The summed E-state index contributed by atoms with van der Waals surface area (Å²) in [5.41, 5.74) is -0.505. The average Bonchev–Trinajstić information content (AvgIpc) is 2.80. The van der Waals surface area contributed by atoms with Gasteiger partial charge in [0.1, 0.15) is 5.82 Å². The van der Waals surface area contributed by atoms with Crippen LogP contribution in [-0.4, -0.2) is 38.7 Å². The summed E-state index contributed by atoms with van der Waals surface area (Å²) in [6.45, 7) is 6.29. The zero-order chi connectivity index (χ0) is 15.7. The molecule has 1 aromatic heterocycles. The third-order valence-electron chi connectivity index (χ3n) is 3.96. The molecule has 21 heavy (non-hydrogen) atoms. The van der Waals surface area contributed by atoms with Crippen LogP contribution < -0.4 is 5.32 Å². The molecule has 0 aliphatic heterocycles. The van der Waals surface area contributed by atoms with E-state index in [-0.39, 0.29) is 29.0 Å². The van der Waals surface area contributed by atoms with E-state index in [0.717, 1.165) is 19.3 Å². The lowest BCUT2D eigenvalue weighted by Crippen LogP contribution is -2.43. The lowest BCUT2D eigenvalue weighted by Gasteiger charge is -2.40. The second-order valence-electron chi connectivity index (χ2n) is 6.86. The van der Waals surface area contributed by atoms with Gasteiger partial charge in [-0.1, -0.05) is 27.2 Å². The quantitative estimate of drug-likeness (QED) is 0.762. The SMILES string of the molecule is CC(C)(C)c1nc(C(=O)NCC2(CC(=O)O)CCC2)n[nH]1. The normalized spacial score (nSPS) is 17.1. The summed E-state index contributed by atoms with van der Waals surface area (Å²) >= 11 is 0. The number of carbonyl (C=O) groups excluding carboxylic acids is 1. The summed E-state index contributed by atoms with van der Waals surface area (Å²) < 4.78 is 0. The number of aliphatic carboxylic acids is 1. The third-order valence-corrected chi connectivity index (χ3v) is 3.96. The Morgan fingerprint density at radius 2 is 2.05 bits per heavy atom. The number of H-pyrrole nitrogens is 1. The fourth-order valence-corrected chi connectivity index (χ4v) is 2.46. The Bertz CT molecular complexity index is 541. The number of carboxylic acids is 1. The maximum Gasteiger partial charge on any atom is 0.303 e. The molecule has 1 heterocycles. The molecule has 3 N–H and O–H groups in total. The van der Waals surface area contributed by atoms with Crippen molar-refractivity contribution in [2.75, 3.05) is 6.54 Å². The van der Waals surface area contributed by atoms with Gasteiger partial charge in [0, 0.05) is 12.0 Å². The van der Waals surface area contributed by atoms with E-state index in [0.29, 0.717) is 12.4 Å². The van der Waals surface area contributed by atoms with E-state index in [9.17, 15) is 9.59 Å². The molecule has 1 amide bonds. The van der Waals surface area contributed by atoms with Gasteiger partial charge in [-0.2, -0.15) is 0 Å². The largest absolute Gasteiger partial charge is 0.481 e. The van der Waals surface area contributed by atoms with Gasteiger partial charge in [0.25, 0.3) is 5.91 Å². The van der Waals surface area contributed by atoms with Crippen molar-refractivity contribution in [2.24, 2.45) is 5.41 Å². The maximum absolute atomic E-state index is 12.1. The highest BCUT2D eigenvalue weighted by Gasteiger charge is 2.39. The lowest BCUT2D eigenvalue weighted by atomic mass is 9.66. The minimum Gasteiger partial charge on any atom is -0.481 e. The number of nitrogens with one attached hydrogen (secondary N) is 2. The molecule has 0 radical (unpaired) electrons. The molecule has 1 fully saturated rings. The molecular formula is C14H22N4O3. The number of nitrogens with zero attached hydrogens (tertiary/aromatic N) is 2. The molecule has 0 spiro atoms. The number of hydrogen-bond acceptors (Lipinski definition) is 4. The first-order valence-corrected chi connectivity index (χ1v) is 7.15. The first-order valence-electron chi connectivity index (χ1n) is 7.15. The Kier molecular flexibility index (Phi) is 4.02. The van der Waals surface area contributed by atoms with Crippen LogP contribution in [0.2, 0.25) is 0 Å². The van der Waals surface area contributed by atoms with Gasteiger partial charge in [0.2, 0.25) is 5.82 Å². The molecule has 1 aliphatic carbocycles. The Balaban J connectivity index is 1.95. The van der Waals surface area contributed by atoms with Crippen LogP contribution in [0.15, 0.2) is 0 Å². The van der Waals surface area contributed by atoms with E-state index in [1.807, 2.05) is 20.8 Å². The summed E-state index contributed by atoms with van der Waals surface area (Å²) in [4.78, 5) is 27.1. The number of aromatic amines is 1. The van der Waals surface area contributed by atoms with Crippen molar-refractivity contribution >= 4 is 11.9 Å². The molecule has 1 aromatic rings. The number of amides is 1. The Morgan fingerprint density at radius 1 is 1.38 bits per heavy atom. The van der Waals surface area contributed by atoms with Crippen LogP contribution in [0.25, 0.3) is 0 Å². The van der Waals surface area contributed by atoms with E-state index in [1.165, 1.54) is 0 Å². The lowest BCUT2D eigenvalue weighted by molar-refractivity contribution is -0.141. The second-order valence-corrected chi connectivity index (χ2v) is 6.86. The molecule has 1 saturated carbocycles. The molecule has 0 saturated heterocycles. The van der Waals surface area contributed by atoms with Crippen molar-refractivity contribution in [1.82, 2.24) is 20.5 Å². The standard InChI is InChI=1S/C14H22N4O3/c1-13(2,3)12-16-10(17-18-12)11(21)15-8-14(5-4-6-14)7-9(19)20/h4-8H2,1-3H3,(H,15,21)(H,19,20)(H,16,17,18). The van der Waals surface area contributed by atoms with Gasteiger partial charge in [0.15, 0.2) is 0 Å². The van der Waals surface area contributed by atoms with Gasteiger partial charge >= 0.3 is 5.97 Å². The molecule has 0 aromatic carbocycles. The molecule has 0 unspecified atom stereocenters.